The topological polar surface area (TPSA) is 29.1 Å². The number of hydrogen-bond acceptors (Lipinski definition) is 2. The van der Waals surface area contributed by atoms with Gasteiger partial charge in [-0.25, -0.2) is 0 Å². The monoisotopic (exact) mass is 349 g/mol. The molecule has 22 heavy (non-hydrogen) atoms. The molecule has 112 valence electrons. The van der Waals surface area contributed by atoms with E-state index < -0.39 is 0 Å². The molecule has 0 aliphatic heterocycles. The number of amides is 1. The zero-order valence-corrected chi connectivity index (χ0v) is 14.4. The maximum atomic E-state index is 12.6. The van der Waals surface area contributed by atoms with Gasteiger partial charge in [-0.2, -0.15) is 0 Å². The molecule has 0 atom stereocenters. The van der Waals surface area contributed by atoms with Crippen molar-refractivity contribution >= 4 is 56.2 Å². The van der Waals surface area contributed by atoms with Crippen molar-refractivity contribution in [2.24, 2.45) is 0 Å². The number of thiophene rings is 1. The first-order valence-corrected chi connectivity index (χ1v) is 8.30. The minimum absolute atomic E-state index is 0.212. The van der Waals surface area contributed by atoms with Crippen molar-refractivity contribution in [3.05, 3.63) is 62.4 Å². The molecule has 1 amide bonds. The van der Waals surface area contributed by atoms with Gasteiger partial charge in [-0.05, 0) is 43.2 Å². The fraction of sp³-hybridized carbons (Fsp3) is 0.118. The first-order valence-electron chi connectivity index (χ1n) is 6.73. The Morgan fingerprint density at radius 3 is 2.55 bits per heavy atom. The fourth-order valence-corrected chi connectivity index (χ4v) is 4.13. The first-order chi connectivity index (χ1) is 10.5. The summed E-state index contributed by atoms with van der Waals surface area (Å²) in [5.41, 5.74) is 2.97. The molecular weight excluding hydrogens is 337 g/mol. The number of benzene rings is 2. The van der Waals surface area contributed by atoms with Crippen molar-refractivity contribution in [3.8, 4) is 0 Å². The van der Waals surface area contributed by atoms with Crippen LogP contribution < -0.4 is 5.32 Å². The summed E-state index contributed by atoms with van der Waals surface area (Å²) in [7, 11) is 0. The van der Waals surface area contributed by atoms with Gasteiger partial charge in [0.1, 0.15) is 4.88 Å². The molecule has 0 bridgehead atoms. The van der Waals surface area contributed by atoms with Gasteiger partial charge in [0.05, 0.1) is 10.0 Å². The molecule has 0 spiro atoms. The predicted octanol–water partition coefficient (Wildman–Crippen LogP) is 6.08. The molecule has 0 radical (unpaired) electrons. The van der Waals surface area contributed by atoms with E-state index in [-0.39, 0.29) is 5.91 Å². The highest BCUT2D eigenvalue weighted by atomic mass is 35.5. The van der Waals surface area contributed by atoms with Gasteiger partial charge in [-0.1, -0.05) is 41.4 Å². The largest absolute Gasteiger partial charge is 0.321 e. The minimum Gasteiger partial charge on any atom is -0.321 e. The van der Waals surface area contributed by atoms with E-state index in [2.05, 4.69) is 5.32 Å². The molecule has 1 aromatic heterocycles. The van der Waals surface area contributed by atoms with Crippen LogP contribution in [0.25, 0.3) is 10.1 Å². The second-order valence-electron chi connectivity index (χ2n) is 5.06. The van der Waals surface area contributed by atoms with Crippen molar-refractivity contribution in [2.75, 3.05) is 5.32 Å². The maximum Gasteiger partial charge on any atom is 0.267 e. The summed E-state index contributed by atoms with van der Waals surface area (Å²) in [6, 6.07) is 11.3. The minimum atomic E-state index is -0.212. The number of hydrogen-bond donors (Lipinski definition) is 1. The molecule has 0 fully saturated rings. The molecule has 0 saturated carbocycles. The zero-order chi connectivity index (χ0) is 15.9. The normalized spacial score (nSPS) is 10.9. The van der Waals surface area contributed by atoms with Gasteiger partial charge in [0, 0.05) is 15.8 Å². The quantitative estimate of drug-likeness (QED) is 0.596. The molecule has 0 saturated heterocycles. The van der Waals surface area contributed by atoms with Gasteiger partial charge in [0.2, 0.25) is 0 Å². The molecule has 5 heteroatoms. The molecule has 3 rings (SSSR count). The Bertz CT molecular complexity index is 886. The number of carbonyl (C=O) groups excluding carboxylic acids is 1. The van der Waals surface area contributed by atoms with E-state index in [1.807, 2.05) is 44.2 Å². The summed E-state index contributed by atoms with van der Waals surface area (Å²) in [5, 5.41) is 4.64. The van der Waals surface area contributed by atoms with Crippen molar-refractivity contribution in [1.82, 2.24) is 0 Å². The summed E-state index contributed by atoms with van der Waals surface area (Å²) in [5.74, 6) is -0.212. The highest BCUT2D eigenvalue weighted by Crippen LogP contribution is 2.39. The lowest BCUT2D eigenvalue weighted by Gasteiger charge is -2.09. The van der Waals surface area contributed by atoms with E-state index in [4.69, 9.17) is 23.2 Å². The molecule has 0 unspecified atom stereocenters. The molecule has 3 aromatic rings. The van der Waals surface area contributed by atoms with Crippen molar-refractivity contribution < 1.29 is 4.79 Å². The Hall–Kier alpha value is -1.55. The van der Waals surface area contributed by atoms with E-state index in [9.17, 15) is 4.79 Å². The predicted molar refractivity (Wildman–Crippen MR) is 95.7 cm³/mol. The summed E-state index contributed by atoms with van der Waals surface area (Å²) >= 11 is 13.9. The van der Waals surface area contributed by atoms with Gasteiger partial charge >= 0.3 is 0 Å². The number of carbonyl (C=O) groups is 1. The average Bonchev–Trinajstić information content (AvgIpc) is 2.82. The zero-order valence-electron chi connectivity index (χ0n) is 12.0. The standard InChI is InChI=1S/C17H13Cl2NOS/c1-9-5-3-7-12(10(9)2)20-17(21)16-15(19)14-11(18)6-4-8-13(14)22-16/h3-8H,1-2H3,(H,20,21). The average molecular weight is 350 g/mol. The van der Waals surface area contributed by atoms with Crippen LogP contribution in [-0.4, -0.2) is 5.91 Å². The van der Waals surface area contributed by atoms with Crippen LogP contribution in [0.1, 0.15) is 20.8 Å². The molecule has 0 aliphatic rings. The van der Waals surface area contributed by atoms with Crippen molar-refractivity contribution in [3.63, 3.8) is 0 Å². The van der Waals surface area contributed by atoms with Crippen LogP contribution in [0.15, 0.2) is 36.4 Å². The Morgan fingerprint density at radius 1 is 1.09 bits per heavy atom. The van der Waals surface area contributed by atoms with Gasteiger partial charge in [0.25, 0.3) is 5.91 Å². The van der Waals surface area contributed by atoms with Crippen LogP contribution >= 0.6 is 34.5 Å². The Morgan fingerprint density at radius 2 is 1.82 bits per heavy atom. The lowest BCUT2D eigenvalue weighted by Crippen LogP contribution is -2.12. The van der Waals surface area contributed by atoms with Gasteiger partial charge in [-0.3, -0.25) is 4.79 Å². The summed E-state index contributed by atoms with van der Waals surface area (Å²) in [6.45, 7) is 3.99. The highest BCUT2D eigenvalue weighted by molar-refractivity contribution is 7.21. The number of aryl methyl sites for hydroxylation is 1. The third kappa shape index (κ3) is 2.60. The van der Waals surface area contributed by atoms with E-state index in [1.54, 1.807) is 6.07 Å². The number of halogens is 2. The third-order valence-electron chi connectivity index (χ3n) is 3.67. The molecule has 0 aliphatic carbocycles. The smallest absolute Gasteiger partial charge is 0.267 e. The van der Waals surface area contributed by atoms with Gasteiger partial charge in [0.15, 0.2) is 0 Å². The van der Waals surface area contributed by atoms with Gasteiger partial charge < -0.3 is 5.32 Å². The lowest BCUT2D eigenvalue weighted by atomic mass is 10.1. The molecular formula is C17H13Cl2NOS. The van der Waals surface area contributed by atoms with E-state index in [0.717, 1.165) is 26.9 Å². The van der Waals surface area contributed by atoms with Gasteiger partial charge in [-0.15, -0.1) is 11.3 Å². The Balaban J connectivity index is 2.01. The van der Waals surface area contributed by atoms with Crippen molar-refractivity contribution in [2.45, 2.75) is 13.8 Å². The Kier molecular flexibility index (Phi) is 4.13. The molecule has 2 nitrogen and oxygen atoms in total. The van der Waals surface area contributed by atoms with Crippen LogP contribution in [0.2, 0.25) is 10.0 Å². The molecule has 1 heterocycles. The lowest BCUT2D eigenvalue weighted by molar-refractivity contribution is 0.103. The van der Waals surface area contributed by atoms with E-state index in [0.29, 0.717) is 14.9 Å². The SMILES string of the molecule is Cc1cccc(NC(=O)c2sc3cccc(Cl)c3c2Cl)c1C. The molecule has 2 aromatic carbocycles. The second-order valence-corrected chi connectivity index (χ2v) is 6.90. The first kappa shape index (κ1) is 15.3. The number of rotatable bonds is 2. The summed E-state index contributed by atoms with van der Waals surface area (Å²) < 4.78 is 0.906. The molecule has 1 N–H and O–H groups in total. The van der Waals surface area contributed by atoms with Crippen LogP contribution in [0.5, 0.6) is 0 Å². The number of nitrogens with one attached hydrogen (secondary N) is 1. The van der Waals surface area contributed by atoms with E-state index >= 15 is 0 Å². The Labute approximate surface area is 142 Å². The van der Waals surface area contributed by atoms with E-state index in [1.165, 1.54) is 11.3 Å². The third-order valence-corrected chi connectivity index (χ3v) is 5.62. The van der Waals surface area contributed by atoms with Crippen LogP contribution in [0.3, 0.4) is 0 Å². The summed E-state index contributed by atoms with van der Waals surface area (Å²) in [6.07, 6.45) is 0. The summed E-state index contributed by atoms with van der Waals surface area (Å²) in [4.78, 5) is 13.0. The number of fused-ring (bicyclic) bond motifs is 1. The second kappa shape index (κ2) is 5.92. The van der Waals surface area contributed by atoms with Crippen molar-refractivity contribution in [1.29, 1.82) is 0 Å². The fourth-order valence-electron chi connectivity index (χ4n) is 2.28. The number of anilines is 1. The maximum absolute atomic E-state index is 12.6. The van der Waals surface area contributed by atoms with Crippen LogP contribution in [-0.2, 0) is 0 Å². The highest BCUT2D eigenvalue weighted by Gasteiger charge is 2.19. The van der Waals surface area contributed by atoms with Crippen LogP contribution in [0.4, 0.5) is 5.69 Å². The van der Waals surface area contributed by atoms with Crippen LogP contribution in [0, 0.1) is 13.8 Å².